The SMILES string of the molecule is CCOC(=O)CCN(Cc1ccccc1)Cc1ccc2c(c1)OCCO2. The highest BCUT2D eigenvalue weighted by Crippen LogP contribution is 2.31. The third-order valence-electron chi connectivity index (χ3n) is 4.20. The van der Waals surface area contributed by atoms with E-state index in [-0.39, 0.29) is 5.97 Å². The highest BCUT2D eigenvalue weighted by atomic mass is 16.6. The van der Waals surface area contributed by atoms with Gasteiger partial charge in [-0.15, -0.1) is 0 Å². The first-order valence-corrected chi connectivity index (χ1v) is 9.05. The number of hydrogen-bond donors (Lipinski definition) is 0. The molecule has 1 aliphatic heterocycles. The molecule has 0 saturated heterocycles. The van der Waals surface area contributed by atoms with Crippen LogP contribution in [0.2, 0.25) is 0 Å². The van der Waals surface area contributed by atoms with Gasteiger partial charge in [0.15, 0.2) is 11.5 Å². The van der Waals surface area contributed by atoms with Crippen molar-refractivity contribution in [2.24, 2.45) is 0 Å². The molecule has 0 aliphatic carbocycles. The Morgan fingerprint density at radius 1 is 1.00 bits per heavy atom. The third-order valence-corrected chi connectivity index (χ3v) is 4.20. The zero-order valence-electron chi connectivity index (χ0n) is 15.1. The predicted molar refractivity (Wildman–Crippen MR) is 99.2 cm³/mol. The maximum Gasteiger partial charge on any atom is 0.307 e. The summed E-state index contributed by atoms with van der Waals surface area (Å²) in [5, 5.41) is 0. The number of fused-ring (bicyclic) bond motifs is 1. The molecule has 138 valence electrons. The molecule has 0 atom stereocenters. The summed E-state index contributed by atoms with van der Waals surface area (Å²) in [6, 6.07) is 16.3. The molecule has 0 amide bonds. The minimum absolute atomic E-state index is 0.160. The van der Waals surface area contributed by atoms with Gasteiger partial charge in [-0.25, -0.2) is 0 Å². The van der Waals surface area contributed by atoms with Gasteiger partial charge in [0.25, 0.3) is 0 Å². The number of benzene rings is 2. The van der Waals surface area contributed by atoms with E-state index in [1.54, 1.807) is 0 Å². The number of esters is 1. The van der Waals surface area contributed by atoms with E-state index in [2.05, 4.69) is 23.1 Å². The Hall–Kier alpha value is -2.53. The van der Waals surface area contributed by atoms with Gasteiger partial charge >= 0.3 is 5.97 Å². The molecule has 3 rings (SSSR count). The van der Waals surface area contributed by atoms with Crippen molar-refractivity contribution in [1.29, 1.82) is 0 Å². The van der Waals surface area contributed by atoms with Gasteiger partial charge in [0.1, 0.15) is 13.2 Å². The minimum Gasteiger partial charge on any atom is -0.486 e. The number of carbonyl (C=O) groups excluding carboxylic acids is 1. The molecule has 2 aromatic carbocycles. The molecule has 0 aromatic heterocycles. The molecule has 5 nitrogen and oxygen atoms in total. The lowest BCUT2D eigenvalue weighted by Crippen LogP contribution is -2.26. The molecular formula is C21H25NO4. The lowest BCUT2D eigenvalue weighted by atomic mass is 10.1. The van der Waals surface area contributed by atoms with Crippen molar-refractivity contribution in [3.63, 3.8) is 0 Å². The first-order valence-electron chi connectivity index (χ1n) is 9.05. The Labute approximate surface area is 154 Å². The minimum atomic E-state index is -0.160. The molecule has 2 aromatic rings. The molecule has 5 heteroatoms. The normalized spacial score (nSPS) is 12.8. The molecular weight excluding hydrogens is 330 g/mol. The van der Waals surface area contributed by atoms with Gasteiger partial charge in [-0.3, -0.25) is 9.69 Å². The smallest absolute Gasteiger partial charge is 0.307 e. The van der Waals surface area contributed by atoms with E-state index < -0.39 is 0 Å². The monoisotopic (exact) mass is 355 g/mol. The van der Waals surface area contributed by atoms with E-state index in [9.17, 15) is 4.79 Å². The Kier molecular flexibility index (Phi) is 6.50. The zero-order chi connectivity index (χ0) is 18.2. The summed E-state index contributed by atoms with van der Waals surface area (Å²) in [7, 11) is 0. The fraction of sp³-hybridized carbons (Fsp3) is 0.381. The number of carbonyl (C=O) groups is 1. The second kappa shape index (κ2) is 9.25. The third kappa shape index (κ3) is 5.23. The molecule has 0 spiro atoms. The van der Waals surface area contributed by atoms with Gasteiger partial charge in [0, 0.05) is 19.6 Å². The van der Waals surface area contributed by atoms with Crippen LogP contribution in [-0.4, -0.2) is 37.2 Å². The summed E-state index contributed by atoms with van der Waals surface area (Å²) < 4.78 is 16.3. The molecule has 0 N–H and O–H groups in total. The summed E-state index contributed by atoms with van der Waals surface area (Å²) in [5.41, 5.74) is 2.35. The summed E-state index contributed by atoms with van der Waals surface area (Å²) in [4.78, 5) is 14.0. The van der Waals surface area contributed by atoms with Crippen LogP contribution >= 0.6 is 0 Å². The molecule has 1 heterocycles. The van der Waals surface area contributed by atoms with Crippen LogP contribution in [0.3, 0.4) is 0 Å². The van der Waals surface area contributed by atoms with Crippen LogP contribution in [-0.2, 0) is 22.6 Å². The van der Waals surface area contributed by atoms with E-state index in [0.29, 0.717) is 32.8 Å². The Morgan fingerprint density at radius 2 is 1.73 bits per heavy atom. The van der Waals surface area contributed by atoms with E-state index >= 15 is 0 Å². The Balaban J connectivity index is 1.68. The first kappa shape index (κ1) is 18.3. The summed E-state index contributed by atoms with van der Waals surface area (Å²) in [6.07, 6.45) is 0.380. The lowest BCUT2D eigenvalue weighted by Gasteiger charge is -2.24. The van der Waals surface area contributed by atoms with Crippen LogP contribution in [0.1, 0.15) is 24.5 Å². The van der Waals surface area contributed by atoms with Crippen LogP contribution < -0.4 is 9.47 Å². The van der Waals surface area contributed by atoms with Crippen molar-refractivity contribution in [2.45, 2.75) is 26.4 Å². The highest BCUT2D eigenvalue weighted by molar-refractivity contribution is 5.69. The van der Waals surface area contributed by atoms with E-state index in [0.717, 1.165) is 30.2 Å². The highest BCUT2D eigenvalue weighted by Gasteiger charge is 2.15. The number of nitrogens with zero attached hydrogens (tertiary/aromatic N) is 1. The van der Waals surface area contributed by atoms with Gasteiger partial charge in [0.2, 0.25) is 0 Å². The van der Waals surface area contributed by atoms with Gasteiger partial charge in [0.05, 0.1) is 13.0 Å². The van der Waals surface area contributed by atoms with Gasteiger partial charge < -0.3 is 14.2 Å². The van der Waals surface area contributed by atoms with Crippen molar-refractivity contribution in [2.75, 3.05) is 26.4 Å². The Morgan fingerprint density at radius 3 is 2.50 bits per heavy atom. The maximum absolute atomic E-state index is 11.8. The number of rotatable bonds is 8. The van der Waals surface area contributed by atoms with Crippen molar-refractivity contribution >= 4 is 5.97 Å². The average molecular weight is 355 g/mol. The lowest BCUT2D eigenvalue weighted by molar-refractivity contribution is -0.143. The van der Waals surface area contributed by atoms with E-state index in [4.69, 9.17) is 14.2 Å². The van der Waals surface area contributed by atoms with Crippen molar-refractivity contribution in [3.05, 3.63) is 59.7 Å². The van der Waals surface area contributed by atoms with Crippen molar-refractivity contribution in [1.82, 2.24) is 4.90 Å². The number of ether oxygens (including phenoxy) is 3. The standard InChI is InChI=1S/C21H25NO4/c1-2-24-21(23)10-11-22(15-17-6-4-3-5-7-17)16-18-8-9-19-20(14-18)26-13-12-25-19/h3-9,14H,2,10-13,15-16H2,1H3. The molecule has 26 heavy (non-hydrogen) atoms. The summed E-state index contributed by atoms with van der Waals surface area (Å²) in [5.74, 6) is 1.42. The quantitative estimate of drug-likeness (QED) is 0.679. The fourth-order valence-electron chi connectivity index (χ4n) is 2.98. The van der Waals surface area contributed by atoms with Gasteiger partial charge in [-0.05, 0) is 30.2 Å². The van der Waals surface area contributed by atoms with Crippen LogP contribution in [0.5, 0.6) is 11.5 Å². The predicted octanol–water partition coefficient (Wildman–Crippen LogP) is 3.41. The number of hydrogen-bond acceptors (Lipinski definition) is 5. The van der Waals surface area contributed by atoms with Gasteiger partial charge in [-0.1, -0.05) is 36.4 Å². The van der Waals surface area contributed by atoms with E-state index in [1.165, 1.54) is 5.56 Å². The first-order chi connectivity index (χ1) is 12.7. The molecule has 0 saturated carbocycles. The van der Waals surface area contributed by atoms with Crippen LogP contribution in [0.25, 0.3) is 0 Å². The van der Waals surface area contributed by atoms with Crippen molar-refractivity contribution < 1.29 is 19.0 Å². The van der Waals surface area contributed by atoms with Crippen LogP contribution in [0.15, 0.2) is 48.5 Å². The summed E-state index contributed by atoms with van der Waals surface area (Å²) in [6.45, 7) is 5.55. The molecule has 0 fully saturated rings. The summed E-state index contributed by atoms with van der Waals surface area (Å²) >= 11 is 0. The topological polar surface area (TPSA) is 48.0 Å². The van der Waals surface area contributed by atoms with Crippen molar-refractivity contribution in [3.8, 4) is 11.5 Å². The van der Waals surface area contributed by atoms with E-state index in [1.807, 2.05) is 37.3 Å². The molecule has 0 bridgehead atoms. The zero-order valence-corrected chi connectivity index (χ0v) is 15.1. The van der Waals surface area contributed by atoms with Crippen LogP contribution in [0, 0.1) is 0 Å². The van der Waals surface area contributed by atoms with Crippen LogP contribution in [0.4, 0.5) is 0 Å². The molecule has 1 aliphatic rings. The van der Waals surface area contributed by atoms with Gasteiger partial charge in [-0.2, -0.15) is 0 Å². The average Bonchev–Trinajstić information content (AvgIpc) is 2.67. The largest absolute Gasteiger partial charge is 0.486 e. The Bertz CT molecular complexity index is 717. The molecule has 0 radical (unpaired) electrons. The molecule has 0 unspecified atom stereocenters. The second-order valence-corrected chi connectivity index (χ2v) is 6.23. The second-order valence-electron chi connectivity index (χ2n) is 6.23. The maximum atomic E-state index is 11.8. The fourth-order valence-corrected chi connectivity index (χ4v) is 2.98.